The molecule has 178 valence electrons. The second kappa shape index (κ2) is 10.6. The number of hydrogen-bond donors (Lipinski definition) is 1. The number of rotatable bonds is 7. The lowest BCUT2D eigenvalue weighted by Gasteiger charge is -2.13. The van der Waals surface area contributed by atoms with Crippen molar-refractivity contribution in [2.75, 3.05) is 7.11 Å². The first-order valence-corrected chi connectivity index (χ1v) is 12.2. The number of carbonyl (C=O) groups is 1. The molecular weight excluding hydrogens is 516 g/mol. The van der Waals surface area contributed by atoms with Crippen molar-refractivity contribution in [3.63, 3.8) is 0 Å². The van der Waals surface area contributed by atoms with E-state index in [2.05, 4.69) is 50.7 Å². The maximum Gasteiger partial charge on any atom is 0.275 e. The first-order chi connectivity index (χ1) is 17.6. The highest BCUT2D eigenvalue weighted by Gasteiger charge is 2.13. The molecule has 0 spiro atoms. The number of benzene rings is 5. The maximum atomic E-state index is 12.8. The monoisotopic (exact) mass is 538 g/mol. The van der Waals surface area contributed by atoms with Gasteiger partial charge in [0.25, 0.3) is 5.91 Å². The van der Waals surface area contributed by atoms with E-state index in [1.165, 1.54) is 12.5 Å². The van der Waals surface area contributed by atoms with Crippen molar-refractivity contribution < 1.29 is 14.3 Å². The second-order valence-electron chi connectivity index (χ2n) is 8.17. The number of methoxy groups -OCH3 is 1. The van der Waals surface area contributed by atoms with Gasteiger partial charge in [-0.25, -0.2) is 5.43 Å². The van der Waals surface area contributed by atoms with Crippen molar-refractivity contribution in [1.29, 1.82) is 0 Å². The van der Waals surface area contributed by atoms with Crippen LogP contribution in [-0.2, 0) is 6.61 Å². The van der Waals surface area contributed by atoms with Crippen LogP contribution in [0.5, 0.6) is 11.5 Å². The fraction of sp³-hybridized carbons (Fsp3) is 0.0667. The fourth-order valence-electron chi connectivity index (χ4n) is 4.18. The van der Waals surface area contributed by atoms with Gasteiger partial charge in [0.2, 0.25) is 0 Å². The van der Waals surface area contributed by atoms with Crippen molar-refractivity contribution >= 4 is 49.6 Å². The van der Waals surface area contributed by atoms with E-state index in [9.17, 15) is 4.79 Å². The Labute approximate surface area is 217 Å². The molecule has 0 aliphatic carbocycles. The summed E-state index contributed by atoms with van der Waals surface area (Å²) in [5.74, 6) is 0.776. The smallest absolute Gasteiger partial charge is 0.275 e. The Morgan fingerprint density at radius 2 is 1.56 bits per heavy atom. The van der Waals surface area contributed by atoms with Crippen molar-refractivity contribution in [2.45, 2.75) is 6.61 Å². The van der Waals surface area contributed by atoms with Crippen LogP contribution in [0.25, 0.3) is 21.5 Å². The van der Waals surface area contributed by atoms with Gasteiger partial charge in [-0.15, -0.1) is 0 Å². The highest BCUT2D eigenvalue weighted by atomic mass is 79.9. The summed E-state index contributed by atoms with van der Waals surface area (Å²) in [5, 5.41) is 8.62. The minimum atomic E-state index is -0.372. The van der Waals surface area contributed by atoms with Gasteiger partial charge in [-0.05, 0) is 51.4 Å². The van der Waals surface area contributed by atoms with Gasteiger partial charge in [-0.2, -0.15) is 5.10 Å². The minimum Gasteiger partial charge on any atom is -0.496 e. The normalized spacial score (nSPS) is 11.2. The predicted octanol–water partition coefficient (Wildman–Crippen LogP) is 7.11. The van der Waals surface area contributed by atoms with Crippen LogP contribution in [0.15, 0.2) is 107 Å². The third kappa shape index (κ3) is 4.95. The zero-order valence-electron chi connectivity index (χ0n) is 19.6. The summed E-state index contributed by atoms with van der Waals surface area (Å²) in [6.07, 6.45) is 1.63. The van der Waals surface area contributed by atoms with E-state index >= 15 is 0 Å². The number of hydrogen-bond acceptors (Lipinski definition) is 4. The Balaban J connectivity index is 1.43. The molecule has 5 aromatic carbocycles. The van der Waals surface area contributed by atoms with Crippen molar-refractivity contribution in [2.24, 2.45) is 5.10 Å². The van der Waals surface area contributed by atoms with Gasteiger partial charge in [-0.1, -0.05) is 88.7 Å². The van der Waals surface area contributed by atoms with Gasteiger partial charge in [-0.3, -0.25) is 4.79 Å². The molecule has 0 atom stereocenters. The highest BCUT2D eigenvalue weighted by molar-refractivity contribution is 9.10. The maximum absolute atomic E-state index is 12.8. The third-order valence-corrected chi connectivity index (χ3v) is 6.45. The Morgan fingerprint density at radius 1 is 0.861 bits per heavy atom. The predicted molar refractivity (Wildman–Crippen MR) is 148 cm³/mol. The zero-order valence-corrected chi connectivity index (χ0v) is 21.2. The highest BCUT2D eigenvalue weighted by Crippen LogP contribution is 2.29. The minimum absolute atomic E-state index is 0.372. The van der Waals surface area contributed by atoms with Crippen LogP contribution in [0, 0.1) is 0 Å². The molecule has 0 radical (unpaired) electrons. The van der Waals surface area contributed by atoms with Gasteiger partial charge >= 0.3 is 0 Å². The molecule has 6 heteroatoms. The fourth-order valence-corrected chi connectivity index (χ4v) is 4.54. The lowest BCUT2D eigenvalue weighted by atomic mass is 10.0. The Morgan fingerprint density at radius 3 is 2.36 bits per heavy atom. The molecule has 0 aromatic heterocycles. The van der Waals surface area contributed by atoms with Gasteiger partial charge < -0.3 is 9.47 Å². The summed E-state index contributed by atoms with van der Waals surface area (Å²) in [6, 6.07) is 31.7. The molecular formula is C30H23BrN2O3. The van der Waals surface area contributed by atoms with Crippen LogP contribution in [0.4, 0.5) is 0 Å². The molecule has 1 amide bonds. The lowest BCUT2D eigenvalue weighted by molar-refractivity contribution is 0.0952. The van der Waals surface area contributed by atoms with E-state index in [0.29, 0.717) is 23.7 Å². The summed E-state index contributed by atoms with van der Waals surface area (Å²) < 4.78 is 12.4. The Bertz CT molecular complexity index is 1590. The molecule has 0 fully saturated rings. The number of amides is 1. The SMILES string of the molecule is COc1ccc(Br)cc1C(=O)N/N=C\c1c(OCc2cccc3ccccc23)ccc2ccccc12. The molecule has 0 aliphatic rings. The molecule has 0 saturated carbocycles. The molecule has 1 N–H and O–H groups in total. The standard InChI is InChI=1S/C30H23BrN2O3/c1-35-28-16-14-23(31)17-26(28)30(34)33-32-18-27-25-12-5-3-8-21(25)13-15-29(27)36-19-22-10-6-9-20-7-2-4-11-24(20)22/h2-18H,19H2,1H3,(H,33,34)/b32-18-. The number of ether oxygens (including phenoxy) is 2. The van der Waals surface area contributed by atoms with Crippen LogP contribution in [0.2, 0.25) is 0 Å². The summed E-state index contributed by atoms with van der Waals surface area (Å²) in [5.41, 5.74) is 4.88. The topological polar surface area (TPSA) is 59.9 Å². The molecule has 0 saturated heterocycles. The van der Waals surface area contributed by atoms with Crippen LogP contribution in [-0.4, -0.2) is 19.2 Å². The molecule has 36 heavy (non-hydrogen) atoms. The van der Waals surface area contributed by atoms with Crippen LogP contribution >= 0.6 is 15.9 Å². The van der Waals surface area contributed by atoms with E-state index in [1.54, 1.807) is 18.3 Å². The largest absolute Gasteiger partial charge is 0.496 e. The van der Waals surface area contributed by atoms with Gasteiger partial charge in [0, 0.05) is 10.0 Å². The van der Waals surface area contributed by atoms with E-state index in [0.717, 1.165) is 31.8 Å². The van der Waals surface area contributed by atoms with Gasteiger partial charge in [0.1, 0.15) is 18.1 Å². The third-order valence-electron chi connectivity index (χ3n) is 5.96. The first kappa shape index (κ1) is 23.6. The number of halogens is 1. The van der Waals surface area contributed by atoms with Crippen molar-refractivity contribution in [3.8, 4) is 11.5 Å². The first-order valence-electron chi connectivity index (χ1n) is 11.4. The van der Waals surface area contributed by atoms with Crippen molar-refractivity contribution in [3.05, 3.63) is 118 Å². The average Bonchev–Trinajstić information content (AvgIpc) is 2.92. The Hall–Kier alpha value is -4.16. The average molecular weight is 539 g/mol. The second-order valence-corrected chi connectivity index (χ2v) is 9.08. The number of carbonyl (C=O) groups excluding carboxylic acids is 1. The van der Waals surface area contributed by atoms with Crippen LogP contribution < -0.4 is 14.9 Å². The Kier molecular flexibility index (Phi) is 6.96. The summed E-state index contributed by atoms with van der Waals surface area (Å²) in [7, 11) is 1.53. The number of nitrogens with one attached hydrogen (secondary N) is 1. The van der Waals surface area contributed by atoms with Gasteiger partial charge in [0.05, 0.1) is 18.9 Å². The van der Waals surface area contributed by atoms with Crippen LogP contribution in [0.1, 0.15) is 21.5 Å². The number of fused-ring (bicyclic) bond motifs is 2. The van der Waals surface area contributed by atoms with E-state index in [4.69, 9.17) is 9.47 Å². The van der Waals surface area contributed by atoms with E-state index in [-0.39, 0.29) is 5.91 Å². The summed E-state index contributed by atoms with van der Waals surface area (Å²) in [4.78, 5) is 12.8. The van der Waals surface area contributed by atoms with E-state index < -0.39 is 0 Å². The summed E-state index contributed by atoms with van der Waals surface area (Å²) >= 11 is 3.40. The summed E-state index contributed by atoms with van der Waals surface area (Å²) in [6.45, 7) is 0.405. The molecule has 0 heterocycles. The van der Waals surface area contributed by atoms with E-state index in [1.807, 2.05) is 60.7 Å². The molecule has 5 rings (SSSR count). The molecule has 5 nitrogen and oxygen atoms in total. The molecule has 0 aliphatic heterocycles. The molecule has 5 aromatic rings. The van der Waals surface area contributed by atoms with Crippen LogP contribution in [0.3, 0.4) is 0 Å². The number of nitrogens with zero attached hydrogens (tertiary/aromatic N) is 1. The van der Waals surface area contributed by atoms with Gasteiger partial charge in [0.15, 0.2) is 0 Å². The number of hydrazone groups is 1. The molecule has 0 unspecified atom stereocenters. The zero-order chi connectivity index (χ0) is 24.9. The molecule has 0 bridgehead atoms. The van der Waals surface area contributed by atoms with Crippen molar-refractivity contribution in [1.82, 2.24) is 5.43 Å². The lowest BCUT2D eigenvalue weighted by Crippen LogP contribution is -2.18. The quantitative estimate of drug-likeness (QED) is 0.177.